The number of rotatable bonds is 8. The van der Waals surface area contributed by atoms with Gasteiger partial charge in [0.05, 0.1) is 0 Å². The van der Waals surface area contributed by atoms with Crippen molar-refractivity contribution in [2.24, 2.45) is 0 Å². The number of carbonyl (C=O) groups is 2. The summed E-state index contributed by atoms with van der Waals surface area (Å²) < 4.78 is 0. The smallest absolute Gasteiger partial charge is 0.222 e. The maximum absolute atomic E-state index is 12.4. The van der Waals surface area contributed by atoms with Crippen molar-refractivity contribution in [2.75, 3.05) is 13.1 Å². The van der Waals surface area contributed by atoms with Crippen LogP contribution >= 0.6 is 0 Å². The zero-order chi connectivity index (χ0) is 16.5. The Morgan fingerprint density at radius 3 is 2.70 bits per heavy atom. The molecule has 1 aliphatic heterocycles. The maximum atomic E-state index is 12.4. The Labute approximate surface area is 139 Å². The van der Waals surface area contributed by atoms with Crippen molar-refractivity contribution in [3.63, 3.8) is 0 Å². The first-order chi connectivity index (χ1) is 11.2. The largest absolute Gasteiger partial charge is 0.356 e. The van der Waals surface area contributed by atoms with Crippen molar-refractivity contribution in [1.82, 2.24) is 10.2 Å². The number of carbonyl (C=O) groups excluding carboxylic acids is 2. The number of unbranched alkanes of at least 4 members (excludes halogenated alkanes) is 2. The van der Waals surface area contributed by atoms with Gasteiger partial charge in [0.15, 0.2) is 0 Å². The third kappa shape index (κ3) is 6.05. The van der Waals surface area contributed by atoms with Gasteiger partial charge in [-0.2, -0.15) is 0 Å². The van der Waals surface area contributed by atoms with Crippen LogP contribution in [-0.2, 0) is 16.0 Å². The van der Waals surface area contributed by atoms with E-state index in [1.165, 1.54) is 12.5 Å². The molecule has 1 aromatic rings. The molecule has 1 aliphatic rings. The lowest BCUT2D eigenvalue weighted by molar-refractivity contribution is -0.132. The van der Waals surface area contributed by atoms with Gasteiger partial charge in [-0.3, -0.25) is 9.59 Å². The van der Waals surface area contributed by atoms with Crippen LogP contribution in [-0.4, -0.2) is 35.8 Å². The van der Waals surface area contributed by atoms with Gasteiger partial charge in [0.1, 0.15) is 0 Å². The van der Waals surface area contributed by atoms with Crippen molar-refractivity contribution in [2.45, 2.75) is 57.9 Å². The second kappa shape index (κ2) is 9.33. The lowest BCUT2D eigenvalue weighted by Crippen LogP contribution is -2.36. The second-order valence-corrected chi connectivity index (χ2v) is 6.37. The minimum atomic E-state index is 0.0156. The van der Waals surface area contributed by atoms with Gasteiger partial charge in [-0.1, -0.05) is 36.8 Å². The molecule has 2 amide bonds. The Hall–Kier alpha value is -1.84. The van der Waals surface area contributed by atoms with E-state index in [0.29, 0.717) is 24.9 Å². The van der Waals surface area contributed by atoms with Crippen LogP contribution in [0.25, 0.3) is 0 Å². The van der Waals surface area contributed by atoms with E-state index in [-0.39, 0.29) is 5.91 Å². The molecular weight excluding hydrogens is 288 g/mol. The number of likely N-dealkylation sites (tertiary alicyclic amines) is 1. The van der Waals surface area contributed by atoms with E-state index in [1.54, 1.807) is 0 Å². The van der Waals surface area contributed by atoms with Crippen LogP contribution in [0, 0.1) is 0 Å². The standard InChI is InChI=1S/C19H28N2O2/c1-16(22)20-13-7-3-6-12-19(23)21-14-8-11-18(21)15-17-9-4-2-5-10-17/h2,4-5,9-10,18H,3,6-8,11-15H2,1H3,(H,20,22). The second-order valence-electron chi connectivity index (χ2n) is 6.37. The SMILES string of the molecule is CC(=O)NCCCCCC(=O)N1CCCC1Cc1ccccc1. The molecule has 23 heavy (non-hydrogen) atoms. The summed E-state index contributed by atoms with van der Waals surface area (Å²) in [5.74, 6) is 0.310. The molecule has 1 heterocycles. The molecule has 2 rings (SSSR count). The van der Waals surface area contributed by atoms with E-state index in [0.717, 1.165) is 45.1 Å². The quantitative estimate of drug-likeness (QED) is 0.750. The predicted octanol–water partition coefficient (Wildman–Crippen LogP) is 2.92. The van der Waals surface area contributed by atoms with Gasteiger partial charge < -0.3 is 10.2 Å². The third-order valence-corrected chi connectivity index (χ3v) is 4.45. The zero-order valence-electron chi connectivity index (χ0n) is 14.1. The molecule has 126 valence electrons. The van der Waals surface area contributed by atoms with E-state index >= 15 is 0 Å². The Balaban J connectivity index is 1.69. The van der Waals surface area contributed by atoms with E-state index in [2.05, 4.69) is 34.5 Å². The van der Waals surface area contributed by atoms with Crippen LogP contribution in [0.15, 0.2) is 30.3 Å². The Kier molecular flexibility index (Phi) is 7.11. The summed E-state index contributed by atoms with van der Waals surface area (Å²) in [6, 6.07) is 10.8. The van der Waals surface area contributed by atoms with Crippen molar-refractivity contribution in [3.8, 4) is 0 Å². The number of amides is 2. The summed E-state index contributed by atoms with van der Waals surface area (Å²) in [5, 5.41) is 2.79. The first-order valence-electron chi connectivity index (χ1n) is 8.74. The van der Waals surface area contributed by atoms with Gasteiger partial charge in [0, 0.05) is 32.5 Å². The Morgan fingerprint density at radius 2 is 1.96 bits per heavy atom. The Morgan fingerprint density at radius 1 is 1.17 bits per heavy atom. The molecule has 4 nitrogen and oxygen atoms in total. The van der Waals surface area contributed by atoms with Crippen molar-refractivity contribution >= 4 is 11.8 Å². The fourth-order valence-electron chi connectivity index (χ4n) is 3.25. The molecule has 4 heteroatoms. The van der Waals surface area contributed by atoms with Crippen LogP contribution in [0.2, 0.25) is 0 Å². The fraction of sp³-hybridized carbons (Fsp3) is 0.579. The predicted molar refractivity (Wildman–Crippen MR) is 92.0 cm³/mol. The molecule has 1 N–H and O–H groups in total. The van der Waals surface area contributed by atoms with E-state index in [9.17, 15) is 9.59 Å². The summed E-state index contributed by atoms with van der Waals surface area (Å²) in [6.45, 7) is 3.15. The van der Waals surface area contributed by atoms with Gasteiger partial charge in [0.25, 0.3) is 0 Å². The van der Waals surface area contributed by atoms with Crippen molar-refractivity contribution in [3.05, 3.63) is 35.9 Å². The molecule has 0 spiro atoms. The summed E-state index contributed by atoms with van der Waals surface area (Å²) in [7, 11) is 0. The molecule has 0 aromatic heterocycles. The van der Waals surface area contributed by atoms with Gasteiger partial charge in [-0.25, -0.2) is 0 Å². The van der Waals surface area contributed by atoms with Crippen molar-refractivity contribution < 1.29 is 9.59 Å². The third-order valence-electron chi connectivity index (χ3n) is 4.45. The number of benzene rings is 1. The molecule has 0 bridgehead atoms. The van der Waals surface area contributed by atoms with Crippen LogP contribution < -0.4 is 5.32 Å². The van der Waals surface area contributed by atoms with Crippen LogP contribution in [0.5, 0.6) is 0 Å². The van der Waals surface area contributed by atoms with Crippen LogP contribution in [0.3, 0.4) is 0 Å². The molecule has 1 saturated heterocycles. The molecule has 0 saturated carbocycles. The van der Waals surface area contributed by atoms with E-state index in [1.807, 2.05) is 6.07 Å². The van der Waals surface area contributed by atoms with Gasteiger partial charge in [-0.05, 0) is 37.7 Å². The van der Waals surface area contributed by atoms with Crippen LogP contribution in [0.1, 0.15) is 51.0 Å². The van der Waals surface area contributed by atoms with E-state index < -0.39 is 0 Å². The number of nitrogens with one attached hydrogen (secondary N) is 1. The molecular formula is C19H28N2O2. The average Bonchev–Trinajstić information content (AvgIpc) is 2.99. The summed E-state index contributed by atoms with van der Waals surface area (Å²) in [5.41, 5.74) is 1.31. The normalized spacial score (nSPS) is 17.3. The number of nitrogens with zero attached hydrogens (tertiary/aromatic N) is 1. The Bertz CT molecular complexity index is 501. The molecule has 0 aliphatic carbocycles. The highest BCUT2D eigenvalue weighted by Gasteiger charge is 2.28. The highest BCUT2D eigenvalue weighted by Crippen LogP contribution is 2.22. The average molecular weight is 316 g/mol. The summed E-state index contributed by atoms with van der Waals surface area (Å²) in [6.07, 6.45) is 6.67. The van der Waals surface area contributed by atoms with Gasteiger partial charge in [-0.15, -0.1) is 0 Å². The number of hydrogen-bond donors (Lipinski definition) is 1. The van der Waals surface area contributed by atoms with Crippen LogP contribution in [0.4, 0.5) is 0 Å². The first-order valence-corrected chi connectivity index (χ1v) is 8.74. The molecule has 0 radical (unpaired) electrons. The first kappa shape index (κ1) is 17.5. The fourth-order valence-corrected chi connectivity index (χ4v) is 3.25. The molecule has 1 aromatic carbocycles. The van der Waals surface area contributed by atoms with Crippen molar-refractivity contribution in [1.29, 1.82) is 0 Å². The van der Waals surface area contributed by atoms with E-state index in [4.69, 9.17) is 0 Å². The molecule has 1 unspecified atom stereocenters. The minimum Gasteiger partial charge on any atom is -0.356 e. The minimum absolute atomic E-state index is 0.0156. The highest BCUT2D eigenvalue weighted by atomic mass is 16.2. The van der Waals surface area contributed by atoms with Gasteiger partial charge >= 0.3 is 0 Å². The number of hydrogen-bond acceptors (Lipinski definition) is 2. The molecule has 1 atom stereocenters. The van der Waals surface area contributed by atoms with Gasteiger partial charge in [0.2, 0.25) is 11.8 Å². The molecule has 1 fully saturated rings. The lowest BCUT2D eigenvalue weighted by Gasteiger charge is -2.25. The monoisotopic (exact) mass is 316 g/mol. The summed E-state index contributed by atoms with van der Waals surface area (Å²) in [4.78, 5) is 25.3. The highest BCUT2D eigenvalue weighted by molar-refractivity contribution is 5.76. The topological polar surface area (TPSA) is 49.4 Å². The zero-order valence-corrected chi connectivity index (χ0v) is 14.1. The maximum Gasteiger partial charge on any atom is 0.222 e. The summed E-state index contributed by atoms with van der Waals surface area (Å²) >= 11 is 0. The lowest BCUT2D eigenvalue weighted by atomic mass is 10.0.